The minimum Gasteiger partial charge on any atom is -0.452 e. The maximum atomic E-state index is 6.52. The highest BCUT2D eigenvalue weighted by atomic mass is 32.1. The van der Waals surface area contributed by atoms with Crippen LogP contribution in [0.5, 0.6) is 11.5 Å². The van der Waals surface area contributed by atoms with Gasteiger partial charge in [0.15, 0.2) is 29.0 Å². The average molecular weight is 647 g/mol. The van der Waals surface area contributed by atoms with Crippen LogP contribution in [0, 0.1) is 0 Å². The Hall–Kier alpha value is -6.37. The molecule has 2 aromatic heterocycles. The number of rotatable bonds is 4. The molecule has 230 valence electrons. The monoisotopic (exact) mass is 646 g/mol. The molecular formula is C43H26N4OS. The molecule has 0 aliphatic carbocycles. The maximum Gasteiger partial charge on any atom is 0.164 e. The number of ether oxygens (including phenoxy) is 1. The quantitative estimate of drug-likeness (QED) is 0.190. The van der Waals surface area contributed by atoms with Crippen LogP contribution < -0.4 is 9.64 Å². The highest BCUT2D eigenvalue weighted by molar-refractivity contribution is 7.25. The maximum absolute atomic E-state index is 6.52. The van der Waals surface area contributed by atoms with Crippen LogP contribution in [0.1, 0.15) is 0 Å². The van der Waals surface area contributed by atoms with Crippen molar-refractivity contribution in [2.45, 2.75) is 0 Å². The van der Waals surface area contributed by atoms with Gasteiger partial charge in [0.25, 0.3) is 0 Å². The molecule has 49 heavy (non-hydrogen) atoms. The predicted molar refractivity (Wildman–Crippen MR) is 201 cm³/mol. The Morgan fingerprint density at radius 3 is 1.92 bits per heavy atom. The summed E-state index contributed by atoms with van der Waals surface area (Å²) in [5.74, 6) is 3.59. The van der Waals surface area contributed by atoms with Gasteiger partial charge >= 0.3 is 0 Å². The number of fused-ring (bicyclic) bond motifs is 7. The Labute approximate surface area is 286 Å². The molecule has 9 aromatic rings. The van der Waals surface area contributed by atoms with Crippen LogP contribution in [0.2, 0.25) is 0 Å². The molecule has 0 saturated carbocycles. The third kappa shape index (κ3) is 4.65. The summed E-state index contributed by atoms with van der Waals surface area (Å²) in [5.41, 5.74) is 5.82. The number of benzene rings is 7. The van der Waals surface area contributed by atoms with Crippen LogP contribution in [0.3, 0.4) is 0 Å². The van der Waals surface area contributed by atoms with Crippen LogP contribution >= 0.6 is 11.3 Å². The molecule has 0 bridgehead atoms. The molecule has 0 amide bonds. The second kappa shape index (κ2) is 11.1. The van der Waals surface area contributed by atoms with E-state index in [2.05, 4.69) is 114 Å². The van der Waals surface area contributed by atoms with Crippen molar-refractivity contribution in [2.24, 2.45) is 0 Å². The summed E-state index contributed by atoms with van der Waals surface area (Å²) in [5, 5.41) is 4.74. The molecule has 0 saturated heterocycles. The lowest BCUT2D eigenvalue weighted by Crippen LogP contribution is -2.15. The van der Waals surface area contributed by atoms with Crippen molar-refractivity contribution >= 4 is 59.3 Å². The van der Waals surface area contributed by atoms with Crippen LogP contribution in [0.4, 0.5) is 17.1 Å². The minimum atomic E-state index is 0.626. The SMILES string of the molecule is c1ccc(-c2nc(-c3ccc(N4c5ccccc5Oc5c4ccc4ccccc54)cc3)nc(-c3ccc4c(c3)sc3ccccc34)n2)cc1. The van der Waals surface area contributed by atoms with E-state index >= 15 is 0 Å². The molecule has 7 aromatic carbocycles. The Morgan fingerprint density at radius 2 is 1.08 bits per heavy atom. The van der Waals surface area contributed by atoms with Gasteiger partial charge < -0.3 is 9.64 Å². The van der Waals surface area contributed by atoms with E-state index in [0.717, 1.165) is 56.0 Å². The van der Waals surface area contributed by atoms with Gasteiger partial charge in [0.2, 0.25) is 0 Å². The van der Waals surface area contributed by atoms with E-state index in [4.69, 9.17) is 19.7 Å². The zero-order chi connectivity index (χ0) is 32.3. The number of aromatic nitrogens is 3. The first-order chi connectivity index (χ1) is 24.3. The molecule has 0 unspecified atom stereocenters. The van der Waals surface area contributed by atoms with Gasteiger partial charge in [-0.15, -0.1) is 11.3 Å². The Bertz CT molecular complexity index is 2700. The highest BCUT2D eigenvalue weighted by Crippen LogP contribution is 2.52. The smallest absolute Gasteiger partial charge is 0.164 e. The molecule has 0 spiro atoms. The molecule has 1 aliphatic heterocycles. The number of anilines is 3. The zero-order valence-corrected chi connectivity index (χ0v) is 26.9. The second-order valence-corrected chi connectivity index (χ2v) is 13.2. The van der Waals surface area contributed by atoms with Gasteiger partial charge in [0, 0.05) is 47.9 Å². The van der Waals surface area contributed by atoms with E-state index in [1.807, 2.05) is 48.5 Å². The van der Waals surface area contributed by atoms with E-state index in [0.29, 0.717) is 17.5 Å². The van der Waals surface area contributed by atoms with Gasteiger partial charge in [0.05, 0.1) is 11.4 Å². The van der Waals surface area contributed by atoms with E-state index in [9.17, 15) is 0 Å². The van der Waals surface area contributed by atoms with Crippen molar-refractivity contribution in [1.82, 2.24) is 15.0 Å². The third-order valence-electron chi connectivity index (χ3n) is 9.11. The van der Waals surface area contributed by atoms with Gasteiger partial charge in [-0.2, -0.15) is 0 Å². The summed E-state index contributed by atoms with van der Waals surface area (Å²) in [4.78, 5) is 17.3. The number of nitrogens with zero attached hydrogens (tertiary/aromatic N) is 4. The van der Waals surface area contributed by atoms with Gasteiger partial charge in [-0.05, 0) is 60.0 Å². The lowest BCUT2D eigenvalue weighted by molar-refractivity contribution is 0.482. The van der Waals surface area contributed by atoms with Crippen molar-refractivity contribution < 1.29 is 4.74 Å². The number of hydrogen-bond donors (Lipinski definition) is 0. The largest absolute Gasteiger partial charge is 0.452 e. The summed E-state index contributed by atoms with van der Waals surface area (Å²) < 4.78 is 9.01. The van der Waals surface area contributed by atoms with E-state index in [1.54, 1.807) is 11.3 Å². The molecule has 10 rings (SSSR count). The van der Waals surface area contributed by atoms with Gasteiger partial charge in [0.1, 0.15) is 0 Å². The summed E-state index contributed by atoms with van der Waals surface area (Å²) in [6, 6.07) is 54.4. The highest BCUT2D eigenvalue weighted by Gasteiger charge is 2.27. The zero-order valence-electron chi connectivity index (χ0n) is 26.1. The molecule has 0 radical (unpaired) electrons. The molecule has 1 aliphatic rings. The van der Waals surface area contributed by atoms with Crippen molar-refractivity contribution in [2.75, 3.05) is 4.90 Å². The summed E-state index contributed by atoms with van der Waals surface area (Å²) in [7, 11) is 0. The molecule has 0 N–H and O–H groups in total. The molecule has 6 heteroatoms. The number of thiophene rings is 1. The average Bonchev–Trinajstić information content (AvgIpc) is 3.55. The van der Waals surface area contributed by atoms with Crippen molar-refractivity contribution in [3.63, 3.8) is 0 Å². The predicted octanol–water partition coefficient (Wildman–Crippen LogP) is 12.0. The molecule has 0 fully saturated rings. The van der Waals surface area contributed by atoms with Crippen LogP contribution in [0.25, 0.3) is 65.1 Å². The van der Waals surface area contributed by atoms with Gasteiger partial charge in [-0.1, -0.05) is 103 Å². The first kappa shape index (κ1) is 27.7. The second-order valence-electron chi connectivity index (χ2n) is 12.1. The third-order valence-corrected chi connectivity index (χ3v) is 10.2. The van der Waals surface area contributed by atoms with Crippen LogP contribution in [-0.4, -0.2) is 15.0 Å². The van der Waals surface area contributed by atoms with Gasteiger partial charge in [-0.25, -0.2) is 15.0 Å². The Balaban J connectivity index is 1.09. The van der Waals surface area contributed by atoms with E-state index in [1.165, 1.54) is 20.2 Å². The molecule has 3 heterocycles. The molecule has 5 nitrogen and oxygen atoms in total. The Morgan fingerprint density at radius 1 is 0.449 bits per heavy atom. The van der Waals surface area contributed by atoms with E-state index in [-0.39, 0.29) is 0 Å². The fraction of sp³-hybridized carbons (Fsp3) is 0. The first-order valence-electron chi connectivity index (χ1n) is 16.2. The topological polar surface area (TPSA) is 51.1 Å². The fourth-order valence-electron chi connectivity index (χ4n) is 6.74. The number of para-hydroxylation sites is 2. The lowest BCUT2D eigenvalue weighted by Gasteiger charge is -2.33. The lowest BCUT2D eigenvalue weighted by atomic mass is 10.0. The number of hydrogen-bond acceptors (Lipinski definition) is 6. The standard InChI is InChI=1S/C43H26N4OS/c1-2-11-28(12-3-1)41-44-42(46-43(45-41)30-20-24-34-33-14-6-9-17-38(33)49-39(34)26-30)29-18-22-31(23-19-29)47-35-15-7-8-16-37(35)48-40-32-13-5-4-10-27(32)21-25-36(40)47/h1-26H. The summed E-state index contributed by atoms with van der Waals surface area (Å²) >= 11 is 1.79. The first-order valence-corrected chi connectivity index (χ1v) is 17.0. The van der Waals surface area contributed by atoms with Gasteiger partial charge in [-0.3, -0.25) is 0 Å². The Kier molecular flexibility index (Phi) is 6.29. The van der Waals surface area contributed by atoms with Crippen molar-refractivity contribution in [3.05, 3.63) is 158 Å². The van der Waals surface area contributed by atoms with Crippen molar-refractivity contribution in [1.29, 1.82) is 0 Å². The minimum absolute atomic E-state index is 0.626. The van der Waals surface area contributed by atoms with Crippen LogP contribution in [-0.2, 0) is 0 Å². The van der Waals surface area contributed by atoms with Crippen LogP contribution in [0.15, 0.2) is 158 Å². The van der Waals surface area contributed by atoms with Crippen molar-refractivity contribution in [3.8, 4) is 45.7 Å². The fourth-order valence-corrected chi connectivity index (χ4v) is 7.88. The molecule has 0 atom stereocenters. The summed E-state index contributed by atoms with van der Waals surface area (Å²) in [6.45, 7) is 0. The summed E-state index contributed by atoms with van der Waals surface area (Å²) in [6.07, 6.45) is 0. The van der Waals surface area contributed by atoms with E-state index < -0.39 is 0 Å². The molecular weight excluding hydrogens is 621 g/mol. The normalized spacial score (nSPS) is 12.2.